The molecule has 0 saturated carbocycles. The lowest BCUT2D eigenvalue weighted by molar-refractivity contribution is -0.141. The molecular weight excluding hydrogens is 262 g/mol. The predicted molar refractivity (Wildman–Crippen MR) is 71.8 cm³/mol. The second kappa shape index (κ2) is 10.7. The quantitative estimate of drug-likeness (QED) is 0.574. The topological polar surface area (TPSA) is 75.6 Å². The maximum atomic E-state index is 11.4. The lowest BCUT2D eigenvalue weighted by Crippen LogP contribution is -2.42. The smallest absolute Gasteiger partial charge is 0.326 e. The van der Waals surface area contributed by atoms with Crippen LogP contribution in [0.2, 0.25) is 0 Å². The van der Waals surface area contributed by atoms with Crippen molar-refractivity contribution in [1.29, 1.82) is 0 Å². The molecule has 0 radical (unpaired) electrons. The molecule has 0 aliphatic carbocycles. The van der Waals surface area contributed by atoms with Gasteiger partial charge in [-0.25, -0.2) is 4.79 Å². The molecule has 0 rings (SSSR count). The van der Waals surface area contributed by atoms with E-state index in [0.29, 0.717) is 18.8 Å². The molecule has 0 aliphatic rings. The number of ether oxygens (including phenoxy) is 1. The maximum absolute atomic E-state index is 11.4. The number of carboxylic acids is 1. The van der Waals surface area contributed by atoms with Crippen molar-refractivity contribution in [2.45, 2.75) is 12.5 Å². The number of hydrogen-bond acceptors (Lipinski definition) is 5. The Balaban J connectivity index is 3.83. The summed E-state index contributed by atoms with van der Waals surface area (Å²) in [6.45, 7) is 0.590. The molecule has 1 amide bonds. The number of carbonyl (C=O) groups is 2. The highest BCUT2D eigenvalue weighted by Crippen LogP contribution is 2.03. The number of amides is 1. The molecule has 0 bridgehead atoms. The van der Waals surface area contributed by atoms with Crippen LogP contribution in [0, 0.1) is 0 Å². The number of hydrogen-bond donors (Lipinski definition) is 2. The number of aliphatic carboxylic acids is 1. The Bertz CT molecular complexity index is 238. The van der Waals surface area contributed by atoms with E-state index in [1.807, 2.05) is 6.26 Å². The summed E-state index contributed by atoms with van der Waals surface area (Å²) in [5.74, 6) is 0.501. The van der Waals surface area contributed by atoms with Gasteiger partial charge in [0, 0.05) is 12.9 Å². The van der Waals surface area contributed by atoms with Crippen LogP contribution in [-0.4, -0.2) is 60.3 Å². The molecule has 0 heterocycles. The number of methoxy groups -OCH3 is 1. The van der Waals surface area contributed by atoms with Crippen molar-refractivity contribution in [3.05, 3.63) is 0 Å². The molecule has 0 fully saturated rings. The zero-order chi connectivity index (χ0) is 13.1. The molecule has 7 heteroatoms. The third-order valence-corrected chi connectivity index (χ3v) is 3.47. The minimum absolute atomic E-state index is 0.236. The zero-order valence-electron chi connectivity index (χ0n) is 10.1. The van der Waals surface area contributed by atoms with E-state index in [9.17, 15) is 9.59 Å². The van der Waals surface area contributed by atoms with Crippen LogP contribution in [0.1, 0.15) is 6.42 Å². The molecule has 0 spiro atoms. The Kier molecular flexibility index (Phi) is 10.5. The normalized spacial score (nSPS) is 12.1. The van der Waals surface area contributed by atoms with E-state index in [-0.39, 0.29) is 11.7 Å². The van der Waals surface area contributed by atoms with Gasteiger partial charge in [0.15, 0.2) is 0 Å². The van der Waals surface area contributed by atoms with Gasteiger partial charge < -0.3 is 15.2 Å². The number of rotatable bonds is 10. The first-order valence-electron chi connectivity index (χ1n) is 5.19. The second-order valence-electron chi connectivity index (χ2n) is 3.29. The van der Waals surface area contributed by atoms with E-state index in [1.165, 1.54) is 11.8 Å². The van der Waals surface area contributed by atoms with Gasteiger partial charge >= 0.3 is 5.97 Å². The molecular formula is C10H19NO4S2. The molecule has 1 unspecified atom stereocenters. The second-order valence-corrected chi connectivity index (χ2v) is 5.38. The average Bonchev–Trinajstić information content (AvgIpc) is 2.29. The Morgan fingerprint density at radius 1 is 1.41 bits per heavy atom. The van der Waals surface area contributed by atoms with Crippen molar-refractivity contribution in [2.75, 3.05) is 37.2 Å². The van der Waals surface area contributed by atoms with Gasteiger partial charge in [0.1, 0.15) is 6.04 Å². The van der Waals surface area contributed by atoms with Gasteiger partial charge in [-0.2, -0.15) is 11.8 Å². The lowest BCUT2D eigenvalue weighted by Gasteiger charge is -2.13. The van der Waals surface area contributed by atoms with Gasteiger partial charge in [-0.15, -0.1) is 11.8 Å². The first kappa shape index (κ1) is 16.6. The van der Waals surface area contributed by atoms with Crippen LogP contribution in [0.15, 0.2) is 0 Å². The highest BCUT2D eigenvalue weighted by molar-refractivity contribution is 8.00. The average molecular weight is 281 g/mol. The zero-order valence-corrected chi connectivity index (χ0v) is 11.7. The fourth-order valence-electron chi connectivity index (χ4n) is 1.04. The van der Waals surface area contributed by atoms with Crippen molar-refractivity contribution in [3.8, 4) is 0 Å². The SMILES string of the molecule is COCCSCC(=O)NC(CCSC)C(=O)O. The molecule has 100 valence electrons. The summed E-state index contributed by atoms with van der Waals surface area (Å²) in [4.78, 5) is 22.3. The number of thioether (sulfide) groups is 2. The number of carboxylic acid groups (broad SMARTS) is 1. The van der Waals surface area contributed by atoms with E-state index >= 15 is 0 Å². The fourth-order valence-corrected chi connectivity index (χ4v) is 2.21. The number of nitrogens with one attached hydrogen (secondary N) is 1. The molecule has 5 nitrogen and oxygen atoms in total. The Labute approximate surface area is 110 Å². The Morgan fingerprint density at radius 3 is 2.65 bits per heavy atom. The molecule has 0 saturated heterocycles. The van der Waals surface area contributed by atoms with E-state index in [1.54, 1.807) is 18.9 Å². The Hall–Kier alpha value is -0.400. The molecule has 2 N–H and O–H groups in total. The Morgan fingerprint density at radius 2 is 2.12 bits per heavy atom. The first-order valence-corrected chi connectivity index (χ1v) is 7.74. The van der Waals surface area contributed by atoms with Crippen molar-refractivity contribution in [1.82, 2.24) is 5.32 Å². The van der Waals surface area contributed by atoms with Gasteiger partial charge in [-0.05, 0) is 18.4 Å². The van der Waals surface area contributed by atoms with E-state index in [4.69, 9.17) is 9.84 Å². The van der Waals surface area contributed by atoms with Crippen LogP contribution in [0.3, 0.4) is 0 Å². The molecule has 0 aromatic rings. The van der Waals surface area contributed by atoms with Crippen molar-refractivity contribution in [2.24, 2.45) is 0 Å². The van der Waals surface area contributed by atoms with Gasteiger partial charge in [0.25, 0.3) is 0 Å². The van der Waals surface area contributed by atoms with Crippen LogP contribution in [0.4, 0.5) is 0 Å². The summed E-state index contributed by atoms with van der Waals surface area (Å²) in [5, 5.41) is 11.4. The monoisotopic (exact) mass is 281 g/mol. The van der Waals surface area contributed by atoms with Crippen molar-refractivity contribution in [3.63, 3.8) is 0 Å². The predicted octanol–water partition coefficient (Wildman–Crippen LogP) is 0.688. The van der Waals surface area contributed by atoms with Crippen molar-refractivity contribution >= 4 is 35.4 Å². The van der Waals surface area contributed by atoms with E-state index in [0.717, 1.165) is 5.75 Å². The standard InChI is InChI=1S/C10H19NO4S2/c1-15-4-6-17-7-9(12)11-8(10(13)14)3-5-16-2/h8H,3-7H2,1-2H3,(H,11,12)(H,13,14). The van der Waals surface area contributed by atoms with Gasteiger partial charge in [0.05, 0.1) is 12.4 Å². The van der Waals surface area contributed by atoms with Gasteiger partial charge in [0.2, 0.25) is 5.91 Å². The minimum Gasteiger partial charge on any atom is -0.480 e. The minimum atomic E-state index is -0.978. The first-order chi connectivity index (χ1) is 8.11. The van der Waals surface area contributed by atoms with Crippen molar-refractivity contribution < 1.29 is 19.4 Å². The number of carbonyl (C=O) groups excluding carboxylic acids is 1. The summed E-state index contributed by atoms with van der Waals surface area (Å²) in [6.07, 6.45) is 2.35. The summed E-state index contributed by atoms with van der Waals surface area (Å²) in [7, 11) is 1.60. The third kappa shape index (κ3) is 9.31. The van der Waals surface area contributed by atoms with Crippen LogP contribution >= 0.6 is 23.5 Å². The van der Waals surface area contributed by atoms with E-state index in [2.05, 4.69) is 5.32 Å². The summed E-state index contributed by atoms with van der Waals surface area (Å²) in [6, 6.07) is -0.780. The van der Waals surface area contributed by atoms with Gasteiger partial charge in [-0.1, -0.05) is 0 Å². The molecule has 0 aliphatic heterocycles. The molecule has 0 aromatic carbocycles. The van der Waals surface area contributed by atoms with Crippen LogP contribution in [0.25, 0.3) is 0 Å². The molecule has 1 atom stereocenters. The van der Waals surface area contributed by atoms with Crippen LogP contribution < -0.4 is 5.32 Å². The highest BCUT2D eigenvalue weighted by Gasteiger charge is 2.18. The summed E-state index contributed by atoms with van der Waals surface area (Å²) in [5.41, 5.74) is 0. The molecule has 0 aromatic heterocycles. The van der Waals surface area contributed by atoms with Crippen LogP contribution in [-0.2, 0) is 14.3 Å². The third-order valence-electron chi connectivity index (χ3n) is 1.91. The lowest BCUT2D eigenvalue weighted by atomic mass is 10.2. The molecule has 17 heavy (non-hydrogen) atoms. The maximum Gasteiger partial charge on any atom is 0.326 e. The largest absolute Gasteiger partial charge is 0.480 e. The summed E-state index contributed by atoms with van der Waals surface area (Å²) >= 11 is 2.99. The van der Waals surface area contributed by atoms with Gasteiger partial charge in [-0.3, -0.25) is 4.79 Å². The highest BCUT2D eigenvalue weighted by atomic mass is 32.2. The van der Waals surface area contributed by atoms with Crippen LogP contribution in [0.5, 0.6) is 0 Å². The van der Waals surface area contributed by atoms with E-state index < -0.39 is 12.0 Å². The summed E-state index contributed by atoms with van der Waals surface area (Å²) < 4.78 is 4.85. The fraction of sp³-hybridized carbons (Fsp3) is 0.800.